The van der Waals surface area contributed by atoms with Crippen molar-refractivity contribution in [3.63, 3.8) is 0 Å². The van der Waals surface area contributed by atoms with Gasteiger partial charge in [0.15, 0.2) is 0 Å². The smallest absolute Gasteiger partial charge is 0.242 e. The number of nitrogens with two attached hydrogens (primary N) is 1. The van der Waals surface area contributed by atoms with Crippen LogP contribution in [0.3, 0.4) is 0 Å². The Morgan fingerprint density at radius 3 is 2.92 bits per heavy atom. The quantitative estimate of drug-likeness (QED) is 0.825. The second-order valence-corrected chi connectivity index (χ2v) is 6.38. The van der Waals surface area contributed by atoms with E-state index in [0.717, 1.165) is 12.8 Å². The summed E-state index contributed by atoms with van der Waals surface area (Å²) in [6.45, 7) is 3.88. The summed E-state index contributed by atoms with van der Waals surface area (Å²) in [7, 11) is 1.67. The van der Waals surface area contributed by atoms with Gasteiger partial charge in [0.05, 0.1) is 19.3 Å². The van der Waals surface area contributed by atoms with Crippen LogP contribution in [0.15, 0.2) is 24.3 Å². The van der Waals surface area contributed by atoms with Crippen molar-refractivity contribution in [3.05, 3.63) is 35.6 Å². The second kappa shape index (κ2) is 9.11. The SMILES string of the molecule is COC[C@H]1CCCN(C(=O)[C@@H](N)[C@@H](C)OCc2ccccc2F)C1. The van der Waals surface area contributed by atoms with Gasteiger partial charge in [0.2, 0.25) is 5.91 Å². The monoisotopic (exact) mass is 338 g/mol. The van der Waals surface area contributed by atoms with Gasteiger partial charge < -0.3 is 20.1 Å². The fraction of sp³-hybridized carbons (Fsp3) is 0.611. The maximum Gasteiger partial charge on any atom is 0.242 e. The van der Waals surface area contributed by atoms with E-state index in [9.17, 15) is 9.18 Å². The van der Waals surface area contributed by atoms with Crippen molar-refractivity contribution >= 4 is 5.91 Å². The number of nitrogens with zero attached hydrogens (tertiary/aromatic N) is 1. The van der Waals surface area contributed by atoms with Gasteiger partial charge in [-0.05, 0) is 31.7 Å². The van der Waals surface area contributed by atoms with E-state index in [-0.39, 0.29) is 18.3 Å². The number of benzene rings is 1. The van der Waals surface area contributed by atoms with Crippen molar-refractivity contribution in [2.24, 2.45) is 11.7 Å². The number of likely N-dealkylation sites (tertiary alicyclic amines) is 1. The van der Waals surface area contributed by atoms with Gasteiger partial charge in [0.25, 0.3) is 0 Å². The van der Waals surface area contributed by atoms with Crippen molar-refractivity contribution < 1.29 is 18.7 Å². The van der Waals surface area contributed by atoms with Crippen LogP contribution >= 0.6 is 0 Å². The Bertz CT molecular complexity index is 539. The molecule has 1 heterocycles. The van der Waals surface area contributed by atoms with Gasteiger partial charge in [0.1, 0.15) is 11.9 Å². The first-order chi connectivity index (χ1) is 11.5. The third-order valence-corrected chi connectivity index (χ3v) is 4.48. The molecule has 0 unspecified atom stereocenters. The number of methoxy groups -OCH3 is 1. The van der Waals surface area contributed by atoms with Crippen LogP contribution in [0.25, 0.3) is 0 Å². The lowest BCUT2D eigenvalue weighted by Crippen LogP contribution is -2.52. The average molecular weight is 338 g/mol. The molecular formula is C18H27FN2O3. The summed E-state index contributed by atoms with van der Waals surface area (Å²) >= 11 is 0. The molecule has 1 aromatic rings. The Labute approximate surface area is 142 Å². The fourth-order valence-electron chi connectivity index (χ4n) is 2.99. The Hall–Kier alpha value is -1.50. The van der Waals surface area contributed by atoms with Gasteiger partial charge in [-0.3, -0.25) is 4.79 Å². The fourth-order valence-corrected chi connectivity index (χ4v) is 2.99. The van der Waals surface area contributed by atoms with Gasteiger partial charge in [-0.15, -0.1) is 0 Å². The first-order valence-electron chi connectivity index (χ1n) is 8.41. The number of ether oxygens (including phenoxy) is 2. The number of amides is 1. The van der Waals surface area contributed by atoms with Crippen LogP contribution in [-0.4, -0.2) is 49.8 Å². The van der Waals surface area contributed by atoms with E-state index >= 15 is 0 Å². The van der Waals surface area contributed by atoms with E-state index in [2.05, 4.69) is 0 Å². The normalized spacial score (nSPS) is 20.7. The van der Waals surface area contributed by atoms with Crippen molar-refractivity contribution in [1.29, 1.82) is 0 Å². The third kappa shape index (κ3) is 5.00. The molecule has 24 heavy (non-hydrogen) atoms. The molecule has 1 aromatic carbocycles. The van der Waals surface area contributed by atoms with Crippen LogP contribution < -0.4 is 5.73 Å². The zero-order valence-corrected chi connectivity index (χ0v) is 14.4. The maximum atomic E-state index is 13.6. The van der Waals surface area contributed by atoms with E-state index in [4.69, 9.17) is 15.2 Å². The van der Waals surface area contributed by atoms with Gasteiger partial charge in [0, 0.05) is 25.8 Å². The molecule has 1 aliphatic heterocycles. The van der Waals surface area contributed by atoms with Crippen molar-refractivity contribution in [2.45, 2.75) is 38.5 Å². The summed E-state index contributed by atoms with van der Waals surface area (Å²) in [6, 6.07) is 5.68. The molecule has 134 valence electrons. The first kappa shape index (κ1) is 18.8. The van der Waals surface area contributed by atoms with Crippen LogP contribution in [-0.2, 0) is 20.9 Å². The molecule has 1 fully saturated rings. The van der Waals surface area contributed by atoms with Crippen LogP contribution in [0, 0.1) is 11.7 Å². The molecule has 0 aliphatic carbocycles. The molecule has 0 aromatic heterocycles. The molecule has 1 aliphatic rings. The minimum absolute atomic E-state index is 0.0983. The van der Waals surface area contributed by atoms with Crippen LogP contribution in [0.5, 0.6) is 0 Å². The largest absolute Gasteiger partial charge is 0.384 e. The van der Waals surface area contributed by atoms with Crippen molar-refractivity contribution in [3.8, 4) is 0 Å². The molecule has 1 saturated heterocycles. The van der Waals surface area contributed by atoms with Gasteiger partial charge in [-0.25, -0.2) is 4.39 Å². The molecule has 0 radical (unpaired) electrons. The number of halogens is 1. The van der Waals surface area contributed by atoms with Crippen LogP contribution in [0.4, 0.5) is 4.39 Å². The number of rotatable bonds is 7. The molecule has 2 N–H and O–H groups in total. The Balaban J connectivity index is 1.86. The topological polar surface area (TPSA) is 64.8 Å². The summed E-state index contributed by atoms with van der Waals surface area (Å²) in [4.78, 5) is 14.4. The molecule has 1 amide bonds. The lowest BCUT2D eigenvalue weighted by atomic mass is 9.98. The highest BCUT2D eigenvalue weighted by atomic mass is 19.1. The zero-order valence-electron chi connectivity index (χ0n) is 14.4. The highest BCUT2D eigenvalue weighted by Gasteiger charge is 2.30. The van der Waals surface area contributed by atoms with Crippen LogP contribution in [0.1, 0.15) is 25.3 Å². The summed E-state index contributed by atoms with van der Waals surface area (Å²) in [5.41, 5.74) is 6.53. The number of carbonyl (C=O) groups is 1. The Morgan fingerprint density at radius 1 is 1.46 bits per heavy atom. The molecule has 3 atom stereocenters. The lowest BCUT2D eigenvalue weighted by molar-refractivity contribution is -0.138. The molecule has 0 saturated carbocycles. The number of carbonyl (C=O) groups excluding carboxylic acids is 1. The van der Waals surface area contributed by atoms with Crippen LogP contribution in [0.2, 0.25) is 0 Å². The molecule has 5 nitrogen and oxygen atoms in total. The third-order valence-electron chi connectivity index (χ3n) is 4.48. The summed E-state index contributed by atoms with van der Waals surface area (Å²) in [6.07, 6.45) is 1.53. The minimum atomic E-state index is -0.752. The maximum absolute atomic E-state index is 13.6. The zero-order chi connectivity index (χ0) is 17.5. The van der Waals surface area contributed by atoms with E-state index in [1.807, 2.05) is 0 Å². The summed E-state index contributed by atoms with van der Waals surface area (Å²) in [5.74, 6) is -0.0746. The predicted molar refractivity (Wildman–Crippen MR) is 89.8 cm³/mol. The van der Waals surface area contributed by atoms with Crippen molar-refractivity contribution in [2.75, 3.05) is 26.8 Å². The number of hydrogen-bond donors (Lipinski definition) is 1. The van der Waals surface area contributed by atoms with E-state index < -0.39 is 12.1 Å². The Morgan fingerprint density at radius 2 is 2.21 bits per heavy atom. The van der Waals surface area contributed by atoms with E-state index in [0.29, 0.717) is 31.2 Å². The second-order valence-electron chi connectivity index (χ2n) is 6.38. The summed E-state index contributed by atoms with van der Waals surface area (Å²) in [5, 5.41) is 0. The van der Waals surface area contributed by atoms with Gasteiger partial charge in [-0.2, -0.15) is 0 Å². The Kier molecular flexibility index (Phi) is 7.15. The van der Waals surface area contributed by atoms with Gasteiger partial charge in [-0.1, -0.05) is 18.2 Å². The van der Waals surface area contributed by atoms with Gasteiger partial charge >= 0.3 is 0 Å². The molecule has 0 bridgehead atoms. The molecule has 2 rings (SSSR count). The highest BCUT2D eigenvalue weighted by molar-refractivity contribution is 5.82. The molecule has 6 heteroatoms. The number of hydrogen-bond acceptors (Lipinski definition) is 4. The standard InChI is InChI=1S/C18H27FN2O3/c1-13(24-12-15-7-3-4-8-16(15)19)17(20)18(22)21-9-5-6-14(10-21)11-23-2/h3-4,7-8,13-14,17H,5-6,9-12,20H2,1-2H3/t13-,14+,17+/m1/s1. The predicted octanol–water partition coefficient (Wildman–Crippen LogP) is 1.94. The lowest BCUT2D eigenvalue weighted by Gasteiger charge is -2.35. The first-order valence-corrected chi connectivity index (χ1v) is 8.41. The molecular weight excluding hydrogens is 311 g/mol. The minimum Gasteiger partial charge on any atom is -0.384 e. The molecule has 0 spiro atoms. The summed E-state index contributed by atoms with van der Waals surface area (Å²) < 4.78 is 24.4. The number of piperidine rings is 1. The van der Waals surface area contributed by atoms with E-state index in [1.165, 1.54) is 6.07 Å². The van der Waals surface area contributed by atoms with E-state index in [1.54, 1.807) is 37.1 Å². The highest BCUT2D eigenvalue weighted by Crippen LogP contribution is 2.18. The average Bonchev–Trinajstić information content (AvgIpc) is 2.60. The van der Waals surface area contributed by atoms with Crippen molar-refractivity contribution in [1.82, 2.24) is 4.90 Å².